The number of carboxylic acid groups (broad SMARTS) is 1. The van der Waals surface area contributed by atoms with Gasteiger partial charge in [-0.1, -0.05) is 6.07 Å². The fraction of sp³-hybridized carbons (Fsp3) is 0.378. The summed E-state index contributed by atoms with van der Waals surface area (Å²) in [6.07, 6.45) is 7.68. The van der Waals surface area contributed by atoms with E-state index in [-0.39, 0.29) is 16.8 Å². The predicted molar refractivity (Wildman–Crippen MR) is 178 cm³/mol. The number of fused-ring (bicyclic) bond motifs is 3. The molecule has 0 unspecified atom stereocenters. The maximum Gasteiger partial charge on any atom is 0.335 e. The van der Waals surface area contributed by atoms with Crippen molar-refractivity contribution in [3.63, 3.8) is 0 Å². The van der Waals surface area contributed by atoms with Crippen LogP contribution in [0.4, 0.5) is 10.2 Å². The van der Waals surface area contributed by atoms with Gasteiger partial charge in [0.05, 0.1) is 41.3 Å². The van der Waals surface area contributed by atoms with Crippen molar-refractivity contribution in [3.05, 3.63) is 106 Å². The highest BCUT2D eigenvalue weighted by molar-refractivity contribution is 5.92. The number of nitrogens with zero attached hydrogens (tertiary/aromatic N) is 8. The molecule has 10 nitrogen and oxygen atoms in total. The Balaban J connectivity index is 1.02. The van der Waals surface area contributed by atoms with Crippen LogP contribution in [0.3, 0.4) is 0 Å². The average Bonchev–Trinajstić information content (AvgIpc) is 3.69. The summed E-state index contributed by atoms with van der Waals surface area (Å²) >= 11 is 0. The molecule has 5 heterocycles. The van der Waals surface area contributed by atoms with E-state index in [0.717, 1.165) is 85.2 Å². The molecule has 48 heavy (non-hydrogen) atoms. The molecule has 0 amide bonds. The molecule has 1 aliphatic carbocycles. The second kappa shape index (κ2) is 11.9. The zero-order valence-corrected chi connectivity index (χ0v) is 26.9. The Bertz CT molecular complexity index is 2100. The van der Waals surface area contributed by atoms with Gasteiger partial charge in [0.2, 0.25) is 0 Å². The van der Waals surface area contributed by atoms with Crippen LogP contribution in [0.25, 0.3) is 11.0 Å². The summed E-state index contributed by atoms with van der Waals surface area (Å²) in [5, 5.41) is 18.9. The number of benzene rings is 2. The molecule has 2 fully saturated rings. The van der Waals surface area contributed by atoms with Crippen LogP contribution >= 0.6 is 0 Å². The van der Waals surface area contributed by atoms with E-state index in [1.165, 1.54) is 6.07 Å². The Hall–Kier alpha value is -5.08. The third-order valence-electron chi connectivity index (χ3n) is 10.9. The van der Waals surface area contributed by atoms with Gasteiger partial charge in [-0.05, 0) is 93.1 Å². The minimum Gasteiger partial charge on any atom is -0.478 e. The first-order valence-corrected chi connectivity index (χ1v) is 16.7. The number of aromatic nitrogens is 5. The summed E-state index contributed by atoms with van der Waals surface area (Å²) in [5.41, 5.74) is 4.92. The van der Waals surface area contributed by atoms with Crippen LogP contribution in [0.15, 0.2) is 60.9 Å². The number of aryl methyl sites for hydroxylation is 1. The fourth-order valence-corrected chi connectivity index (χ4v) is 8.14. The Morgan fingerprint density at radius 3 is 2.77 bits per heavy atom. The number of imidazole rings is 2. The van der Waals surface area contributed by atoms with Crippen LogP contribution in [0.2, 0.25) is 0 Å². The second-order valence-electron chi connectivity index (χ2n) is 13.4. The smallest absolute Gasteiger partial charge is 0.335 e. The molecule has 5 aromatic rings. The summed E-state index contributed by atoms with van der Waals surface area (Å²) in [6.45, 7) is 7.07. The molecular weight excluding hydrogens is 607 g/mol. The molecule has 8 rings (SSSR count). The molecule has 3 aromatic heterocycles. The van der Waals surface area contributed by atoms with E-state index in [9.17, 15) is 19.6 Å². The highest BCUT2D eigenvalue weighted by atomic mass is 19.1. The zero-order chi connectivity index (χ0) is 33.0. The highest BCUT2D eigenvalue weighted by Crippen LogP contribution is 2.53. The Labute approximate surface area is 278 Å². The molecule has 11 heteroatoms. The minimum absolute atomic E-state index is 0.0234. The Morgan fingerprint density at radius 2 is 2.00 bits per heavy atom. The van der Waals surface area contributed by atoms with E-state index in [4.69, 9.17) is 9.97 Å². The van der Waals surface area contributed by atoms with Crippen LogP contribution in [-0.4, -0.2) is 59.7 Å². The maximum atomic E-state index is 14.9. The van der Waals surface area contributed by atoms with Crippen LogP contribution in [-0.2, 0) is 38.0 Å². The van der Waals surface area contributed by atoms with Crippen molar-refractivity contribution in [3.8, 4) is 6.07 Å². The molecule has 0 spiro atoms. The molecule has 2 atom stereocenters. The molecule has 1 N–H and O–H groups in total. The van der Waals surface area contributed by atoms with Gasteiger partial charge >= 0.3 is 5.97 Å². The number of nitriles is 1. The van der Waals surface area contributed by atoms with Gasteiger partial charge < -0.3 is 19.1 Å². The van der Waals surface area contributed by atoms with E-state index >= 15 is 0 Å². The summed E-state index contributed by atoms with van der Waals surface area (Å²) in [4.78, 5) is 31.3. The normalized spacial score (nSPS) is 20.6. The van der Waals surface area contributed by atoms with Crippen molar-refractivity contribution in [2.75, 3.05) is 24.5 Å². The molecule has 2 aliphatic heterocycles. The standard InChI is InChI=1S/C37H37FN8O2/c1-2-44-15-12-40-34(44)23-46-31-18-26(36(47)48)6-7-30(31)41-35(46)22-43-14-11-37(10-8-27(37)20-43)32-4-3-5-33(42-32)45-13-9-25-16-24(19-39)17-29(38)28(25)21-45/h3-7,12,15-18,27H,2,8-11,13-14,20-23H2,1H3,(H,47,48)/t27-,37-/m0/s1. The molecule has 1 saturated heterocycles. The lowest BCUT2D eigenvalue weighted by Crippen LogP contribution is -2.56. The van der Waals surface area contributed by atoms with Crippen molar-refractivity contribution >= 4 is 22.8 Å². The molecule has 1 saturated carbocycles. The topological polar surface area (TPSA) is 116 Å². The molecular formula is C37H37FN8O2. The third kappa shape index (κ3) is 5.11. The minimum atomic E-state index is -0.956. The summed E-state index contributed by atoms with van der Waals surface area (Å²) in [5.74, 6) is 1.89. The van der Waals surface area contributed by atoms with Gasteiger partial charge in [0.15, 0.2) is 0 Å². The largest absolute Gasteiger partial charge is 0.478 e. The van der Waals surface area contributed by atoms with Gasteiger partial charge in [-0.15, -0.1) is 0 Å². The number of likely N-dealkylation sites (tertiary alicyclic amines) is 1. The third-order valence-corrected chi connectivity index (χ3v) is 10.9. The molecule has 3 aliphatic rings. The van der Waals surface area contributed by atoms with Gasteiger partial charge in [0.25, 0.3) is 0 Å². The number of anilines is 1. The number of carboxylic acids is 1. The number of pyridine rings is 1. The van der Waals surface area contributed by atoms with E-state index in [2.05, 4.69) is 49.0 Å². The van der Waals surface area contributed by atoms with Crippen LogP contribution in [0, 0.1) is 23.1 Å². The van der Waals surface area contributed by atoms with Crippen LogP contribution < -0.4 is 4.90 Å². The van der Waals surface area contributed by atoms with E-state index in [1.807, 2.05) is 18.3 Å². The number of halogens is 1. The SMILES string of the molecule is CCn1ccnc1Cn1c(CN2CC[C@@]3(c4cccc(N5CCc6cc(C#N)cc(F)c6C5)n4)CC[C@H]3C2)nc2ccc(C(=O)O)cc21. The van der Waals surface area contributed by atoms with Crippen molar-refractivity contribution in [1.82, 2.24) is 29.0 Å². The second-order valence-corrected chi connectivity index (χ2v) is 13.4. The fourth-order valence-electron chi connectivity index (χ4n) is 8.14. The van der Waals surface area contributed by atoms with Crippen molar-refractivity contribution in [1.29, 1.82) is 5.26 Å². The van der Waals surface area contributed by atoms with Gasteiger partial charge in [0.1, 0.15) is 23.3 Å². The number of hydrogen-bond acceptors (Lipinski definition) is 7. The van der Waals surface area contributed by atoms with Crippen molar-refractivity contribution in [2.45, 2.75) is 64.2 Å². The average molecular weight is 645 g/mol. The predicted octanol–water partition coefficient (Wildman–Crippen LogP) is 5.52. The van der Waals surface area contributed by atoms with Crippen molar-refractivity contribution < 1.29 is 14.3 Å². The summed E-state index contributed by atoms with van der Waals surface area (Å²) in [7, 11) is 0. The van der Waals surface area contributed by atoms with Crippen LogP contribution in [0.1, 0.15) is 70.6 Å². The maximum absolute atomic E-state index is 14.9. The summed E-state index contributed by atoms with van der Waals surface area (Å²) in [6, 6.07) is 16.6. The number of carbonyl (C=O) groups is 1. The van der Waals surface area contributed by atoms with Gasteiger partial charge in [-0.2, -0.15) is 5.26 Å². The molecule has 0 radical (unpaired) electrons. The van der Waals surface area contributed by atoms with Gasteiger partial charge in [-0.25, -0.2) is 24.1 Å². The Morgan fingerprint density at radius 1 is 1.10 bits per heavy atom. The quantitative estimate of drug-likeness (QED) is 0.235. The highest BCUT2D eigenvalue weighted by Gasteiger charge is 2.51. The van der Waals surface area contributed by atoms with E-state index in [1.54, 1.807) is 24.4 Å². The molecule has 0 bridgehead atoms. The Kier molecular flexibility index (Phi) is 7.48. The van der Waals surface area contributed by atoms with E-state index in [0.29, 0.717) is 43.1 Å². The monoisotopic (exact) mass is 644 g/mol. The zero-order valence-electron chi connectivity index (χ0n) is 26.9. The van der Waals surface area contributed by atoms with Crippen LogP contribution in [0.5, 0.6) is 0 Å². The molecule has 2 aromatic carbocycles. The number of aromatic carboxylic acids is 1. The lowest BCUT2D eigenvalue weighted by atomic mass is 9.55. The number of rotatable bonds is 8. The molecule has 244 valence electrons. The number of piperidine rings is 1. The first-order chi connectivity index (χ1) is 23.3. The summed E-state index contributed by atoms with van der Waals surface area (Å²) < 4.78 is 19.2. The lowest BCUT2D eigenvalue weighted by molar-refractivity contribution is 0.00486. The van der Waals surface area contributed by atoms with Gasteiger partial charge in [0, 0.05) is 55.2 Å². The van der Waals surface area contributed by atoms with Gasteiger partial charge in [-0.3, -0.25) is 4.90 Å². The van der Waals surface area contributed by atoms with E-state index < -0.39 is 5.97 Å². The lowest BCUT2D eigenvalue weighted by Gasteiger charge is -2.55. The number of hydrogen-bond donors (Lipinski definition) is 1. The van der Waals surface area contributed by atoms with Crippen molar-refractivity contribution in [2.24, 2.45) is 5.92 Å². The first kappa shape index (κ1) is 30.3. The first-order valence-electron chi connectivity index (χ1n) is 16.7.